The molecule has 2 bridgehead atoms. The summed E-state index contributed by atoms with van der Waals surface area (Å²) in [7, 11) is 0. The number of allylic oxidation sites excluding steroid dienone is 1. The molecule has 1 N–H and O–H groups in total. The number of halogens is 1. The molecule has 0 saturated carbocycles. The number of amides is 2. The number of hydrogen-bond acceptors (Lipinski definition) is 6. The average Bonchev–Trinajstić information content (AvgIpc) is 3.60. The molecule has 3 saturated heterocycles. The Morgan fingerprint density at radius 2 is 2.07 bits per heavy atom. The van der Waals surface area contributed by atoms with Crippen LogP contribution in [0.4, 0.5) is 5.69 Å². The maximum Gasteiger partial charge on any atom is 0.312 e. The molecule has 224 valence electrons. The number of benzene rings is 1. The number of aliphatic hydroxyl groups is 1. The maximum atomic E-state index is 14.7. The lowest BCUT2D eigenvalue weighted by Crippen LogP contribution is -2.60. The van der Waals surface area contributed by atoms with Crippen LogP contribution in [0.25, 0.3) is 0 Å². The number of aliphatic hydroxyl groups excluding tert-OH is 1. The first-order valence-electron chi connectivity index (χ1n) is 14.7. The van der Waals surface area contributed by atoms with Crippen molar-refractivity contribution >= 4 is 35.1 Å². The number of para-hydroxylation sites is 1. The van der Waals surface area contributed by atoms with Crippen LogP contribution in [0.2, 0.25) is 5.02 Å². The number of carbonyl (C=O) groups excluding carboxylic acids is 3. The van der Waals surface area contributed by atoms with Crippen LogP contribution in [0.1, 0.15) is 57.9 Å². The van der Waals surface area contributed by atoms with Crippen LogP contribution in [-0.4, -0.2) is 71.3 Å². The zero-order chi connectivity index (χ0) is 29.9. The highest BCUT2D eigenvalue weighted by Gasteiger charge is 2.75. The number of carbonyl (C=O) groups is 3. The third-order valence-corrected chi connectivity index (χ3v) is 9.48. The van der Waals surface area contributed by atoms with E-state index in [9.17, 15) is 19.5 Å². The van der Waals surface area contributed by atoms with Gasteiger partial charge in [0.15, 0.2) is 0 Å². The van der Waals surface area contributed by atoms with Gasteiger partial charge in [0, 0.05) is 6.54 Å². The van der Waals surface area contributed by atoms with Crippen molar-refractivity contribution < 1.29 is 29.0 Å². The second kappa shape index (κ2) is 13.1. The van der Waals surface area contributed by atoms with E-state index in [1.165, 1.54) is 4.90 Å². The standard InChI is InChI=1S/C32H43ClN2O6/c1-6-9-10-11-18-40-31(39)25-24-15-16-32(41-24)26(25)29(37)35(23(19-36)20(4)8-3)28(32)30(38)34(17-7-2)27-21(5)13-12-14-22(27)33/h6-7,12-14,20,23-26,28,36H,1-2,8-11,15-19H2,3-5H3/t20-,23-,24+,25-,26-,28?,32?/m0/s1. The summed E-state index contributed by atoms with van der Waals surface area (Å²) in [5.74, 6) is -2.94. The molecule has 3 aliphatic rings. The summed E-state index contributed by atoms with van der Waals surface area (Å²) >= 11 is 6.62. The summed E-state index contributed by atoms with van der Waals surface area (Å²) in [6.45, 7) is 13.5. The number of aryl methyl sites for hydroxylation is 1. The van der Waals surface area contributed by atoms with Crippen molar-refractivity contribution in [3.05, 3.63) is 54.1 Å². The molecule has 1 spiro atoms. The quantitative estimate of drug-likeness (QED) is 0.190. The number of anilines is 1. The molecule has 0 radical (unpaired) electrons. The highest BCUT2D eigenvalue weighted by atomic mass is 35.5. The number of fused-ring (bicyclic) bond motifs is 1. The Bertz CT molecular complexity index is 1150. The molecule has 9 heteroatoms. The fraction of sp³-hybridized carbons (Fsp3) is 0.594. The van der Waals surface area contributed by atoms with Crippen LogP contribution in [-0.2, 0) is 23.9 Å². The van der Waals surface area contributed by atoms with E-state index in [0.717, 1.165) is 18.4 Å². The fourth-order valence-electron chi connectivity index (χ4n) is 7.00. The van der Waals surface area contributed by atoms with Crippen LogP contribution < -0.4 is 4.90 Å². The first-order chi connectivity index (χ1) is 19.7. The van der Waals surface area contributed by atoms with Gasteiger partial charge in [0.25, 0.3) is 5.91 Å². The van der Waals surface area contributed by atoms with Gasteiger partial charge >= 0.3 is 5.97 Å². The highest BCUT2D eigenvalue weighted by Crippen LogP contribution is 2.59. The van der Waals surface area contributed by atoms with Crippen molar-refractivity contribution in [1.29, 1.82) is 0 Å². The summed E-state index contributed by atoms with van der Waals surface area (Å²) in [5, 5.41) is 11.0. The molecule has 4 rings (SSSR count). The smallest absolute Gasteiger partial charge is 0.312 e. The lowest BCUT2D eigenvalue weighted by molar-refractivity contribution is -0.156. The van der Waals surface area contributed by atoms with E-state index in [1.54, 1.807) is 17.0 Å². The van der Waals surface area contributed by atoms with Gasteiger partial charge in [0.1, 0.15) is 11.6 Å². The first-order valence-corrected chi connectivity index (χ1v) is 15.1. The molecule has 2 unspecified atom stereocenters. The number of likely N-dealkylation sites (tertiary alicyclic amines) is 1. The van der Waals surface area contributed by atoms with Crippen molar-refractivity contribution in [2.24, 2.45) is 17.8 Å². The largest absolute Gasteiger partial charge is 0.465 e. The van der Waals surface area contributed by atoms with Gasteiger partial charge in [-0.05, 0) is 56.6 Å². The molecule has 3 fully saturated rings. The third kappa shape index (κ3) is 5.46. The lowest BCUT2D eigenvalue weighted by atomic mass is 9.70. The number of rotatable bonds is 14. The molecule has 8 nitrogen and oxygen atoms in total. The van der Waals surface area contributed by atoms with Crippen molar-refractivity contribution in [1.82, 2.24) is 4.90 Å². The van der Waals surface area contributed by atoms with Gasteiger partial charge in [-0.25, -0.2) is 0 Å². The molecule has 41 heavy (non-hydrogen) atoms. The predicted octanol–water partition coefficient (Wildman–Crippen LogP) is 4.85. The van der Waals surface area contributed by atoms with Crippen molar-refractivity contribution in [3.63, 3.8) is 0 Å². The topological polar surface area (TPSA) is 96.4 Å². The van der Waals surface area contributed by atoms with Gasteiger partial charge in [-0.2, -0.15) is 0 Å². The van der Waals surface area contributed by atoms with E-state index in [0.29, 0.717) is 36.4 Å². The number of hydrogen-bond donors (Lipinski definition) is 1. The minimum Gasteiger partial charge on any atom is -0.465 e. The van der Waals surface area contributed by atoms with Crippen LogP contribution >= 0.6 is 11.6 Å². The molecule has 0 aliphatic carbocycles. The Labute approximate surface area is 248 Å². The third-order valence-electron chi connectivity index (χ3n) is 9.17. The lowest BCUT2D eigenvalue weighted by Gasteiger charge is -2.41. The van der Waals surface area contributed by atoms with E-state index < -0.39 is 41.6 Å². The Kier molecular flexibility index (Phi) is 9.98. The van der Waals surface area contributed by atoms with Crippen molar-refractivity contribution in [3.8, 4) is 0 Å². The SMILES string of the molecule is C=CCCCCOC(=O)[C@@H]1[C@H]2C(=O)N([C@@H](CO)[C@@H](C)CC)C(C(=O)N(CC=C)c3c(C)cccc3Cl)C23CC[C@H]1O3. The van der Waals surface area contributed by atoms with Gasteiger partial charge < -0.3 is 24.4 Å². The second-order valence-electron chi connectivity index (χ2n) is 11.5. The molecule has 7 atom stereocenters. The fourth-order valence-corrected chi connectivity index (χ4v) is 7.33. The molecule has 3 heterocycles. The normalized spacial score (nSPS) is 27.8. The van der Waals surface area contributed by atoms with Gasteiger partial charge in [0.05, 0.1) is 47.9 Å². The maximum absolute atomic E-state index is 14.7. The van der Waals surface area contributed by atoms with E-state index >= 15 is 0 Å². The zero-order valence-corrected chi connectivity index (χ0v) is 25.1. The Morgan fingerprint density at radius 1 is 1.32 bits per heavy atom. The molecular weight excluding hydrogens is 544 g/mol. The zero-order valence-electron chi connectivity index (χ0n) is 24.4. The van der Waals surface area contributed by atoms with Crippen LogP contribution in [0, 0.1) is 24.7 Å². The van der Waals surface area contributed by atoms with Gasteiger partial charge in [-0.15, -0.1) is 13.2 Å². The summed E-state index contributed by atoms with van der Waals surface area (Å²) in [5.41, 5.74) is 0.132. The average molecular weight is 587 g/mol. The molecule has 2 amide bonds. The molecule has 0 aromatic heterocycles. The number of ether oxygens (including phenoxy) is 2. The van der Waals surface area contributed by atoms with Gasteiger partial charge in [0.2, 0.25) is 5.91 Å². The molecule has 1 aromatic rings. The van der Waals surface area contributed by atoms with E-state index in [-0.39, 0.29) is 37.5 Å². The monoisotopic (exact) mass is 586 g/mol. The minimum absolute atomic E-state index is 0.100. The number of unbranched alkanes of at least 4 members (excludes halogenated alkanes) is 2. The minimum atomic E-state index is -1.21. The molecule has 3 aliphatic heterocycles. The Hall–Kier alpha value is -2.68. The van der Waals surface area contributed by atoms with Crippen LogP contribution in [0.5, 0.6) is 0 Å². The van der Waals surface area contributed by atoms with E-state index in [4.69, 9.17) is 21.1 Å². The van der Waals surface area contributed by atoms with Crippen LogP contribution in [0.15, 0.2) is 43.5 Å². The first kappa shape index (κ1) is 31.3. The second-order valence-corrected chi connectivity index (χ2v) is 11.9. The Balaban J connectivity index is 1.76. The highest BCUT2D eigenvalue weighted by molar-refractivity contribution is 6.34. The summed E-state index contributed by atoms with van der Waals surface area (Å²) in [6.07, 6.45) is 7.00. The van der Waals surface area contributed by atoms with Crippen molar-refractivity contribution in [2.45, 2.75) is 83.1 Å². The predicted molar refractivity (Wildman–Crippen MR) is 159 cm³/mol. The van der Waals surface area contributed by atoms with E-state index in [1.807, 2.05) is 39.0 Å². The van der Waals surface area contributed by atoms with Crippen LogP contribution in [0.3, 0.4) is 0 Å². The molecule has 1 aromatic carbocycles. The van der Waals surface area contributed by atoms with Gasteiger partial charge in [-0.1, -0.05) is 56.2 Å². The number of esters is 1. The van der Waals surface area contributed by atoms with Crippen molar-refractivity contribution in [2.75, 3.05) is 24.7 Å². The summed E-state index contributed by atoms with van der Waals surface area (Å²) < 4.78 is 12.2. The van der Waals surface area contributed by atoms with Gasteiger partial charge in [-0.3, -0.25) is 14.4 Å². The summed E-state index contributed by atoms with van der Waals surface area (Å²) in [4.78, 5) is 45.7. The van der Waals surface area contributed by atoms with E-state index in [2.05, 4.69) is 13.2 Å². The molecular formula is C32H43ClN2O6. The number of nitrogens with zero attached hydrogens (tertiary/aromatic N) is 2. The summed E-state index contributed by atoms with van der Waals surface area (Å²) in [6, 6.07) is 3.74. The Morgan fingerprint density at radius 3 is 2.71 bits per heavy atom.